The Morgan fingerprint density at radius 2 is 2.20 bits per heavy atom. The molecule has 0 saturated heterocycles. The molecule has 3 nitrogen and oxygen atoms in total. The van der Waals surface area contributed by atoms with Crippen LogP contribution in [0.25, 0.3) is 0 Å². The molecule has 0 radical (unpaired) electrons. The number of hydrogen-bond acceptors (Lipinski definition) is 3. The van der Waals surface area contributed by atoms with Crippen molar-refractivity contribution in [3.63, 3.8) is 0 Å². The van der Waals surface area contributed by atoms with Gasteiger partial charge in [0.05, 0.1) is 11.1 Å². The van der Waals surface area contributed by atoms with Gasteiger partial charge in [-0.2, -0.15) is 5.10 Å². The third kappa shape index (κ3) is 4.65. The van der Waals surface area contributed by atoms with Crippen molar-refractivity contribution in [1.29, 1.82) is 0 Å². The summed E-state index contributed by atoms with van der Waals surface area (Å²) in [6, 6.07) is 6.44. The molecule has 0 amide bonds. The van der Waals surface area contributed by atoms with Gasteiger partial charge in [-0.1, -0.05) is 41.5 Å². The third-order valence-electron chi connectivity index (χ3n) is 2.80. The van der Waals surface area contributed by atoms with Crippen LogP contribution in [0.4, 0.5) is 0 Å². The molecule has 0 aliphatic carbocycles. The predicted molar refractivity (Wildman–Crippen MR) is 88.0 cm³/mol. The molecule has 1 aromatic carbocycles. The van der Waals surface area contributed by atoms with Crippen LogP contribution in [0.1, 0.15) is 19.4 Å². The zero-order valence-corrected chi connectivity index (χ0v) is 14.5. The molecule has 0 aliphatic heterocycles. The highest BCUT2D eigenvalue weighted by Crippen LogP contribution is 2.31. The van der Waals surface area contributed by atoms with E-state index in [0.29, 0.717) is 5.92 Å². The summed E-state index contributed by atoms with van der Waals surface area (Å²) in [5.41, 5.74) is 1.31. The molecule has 20 heavy (non-hydrogen) atoms. The fraction of sp³-hybridized carbons (Fsp3) is 0.400. The minimum absolute atomic E-state index is 0.663. The Morgan fingerprint density at radius 1 is 1.40 bits per heavy atom. The van der Waals surface area contributed by atoms with E-state index < -0.39 is 0 Å². The molecule has 0 aliphatic rings. The number of benzene rings is 1. The van der Waals surface area contributed by atoms with Gasteiger partial charge in [-0.25, -0.2) is 0 Å². The van der Waals surface area contributed by atoms with Crippen molar-refractivity contribution < 1.29 is 0 Å². The Balaban J connectivity index is 2.10. The lowest BCUT2D eigenvalue weighted by molar-refractivity contribution is 0.550. The fourth-order valence-corrected chi connectivity index (χ4v) is 3.23. The van der Waals surface area contributed by atoms with Crippen LogP contribution in [-0.2, 0) is 13.6 Å². The Hall–Kier alpha value is -0.780. The van der Waals surface area contributed by atoms with Gasteiger partial charge in [0.15, 0.2) is 0 Å². The first-order valence-electron chi connectivity index (χ1n) is 6.70. The summed E-state index contributed by atoms with van der Waals surface area (Å²) in [5.74, 6) is 0.663. The Labute approximate surface area is 133 Å². The molecule has 0 spiro atoms. The molecule has 1 heterocycles. The van der Waals surface area contributed by atoms with Crippen LogP contribution in [0.15, 0.2) is 44.9 Å². The van der Waals surface area contributed by atoms with Gasteiger partial charge in [0.25, 0.3) is 0 Å². The van der Waals surface area contributed by atoms with Crippen LogP contribution in [-0.4, -0.2) is 16.3 Å². The number of halogens is 1. The van der Waals surface area contributed by atoms with Gasteiger partial charge < -0.3 is 5.32 Å². The van der Waals surface area contributed by atoms with E-state index in [2.05, 4.69) is 58.4 Å². The van der Waals surface area contributed by atoms with E-state index >= 15 is 0 Å². The minimum atomic E-state index is 0.663. The molecule has 0 unspecified atom stereocenters. The van der Waals surface area contributed by atoms with Gasteiger partial charge in [-0.15, -0.1) is 0 Å². The Morgan fingerprint density at radius 3 is 2.85 bits per heavy atom. The molecule has 0 atom stereocenters. The zero-order valence-electron chi connectivity index (χ0n) is 12.1. The van der Waals surface area contributed by atoms with Crippen molar-refractivity contribution in [2.24, 2.45) is 13.0 Å². The summed E-state index contributed by atoms with van der Waals surface area (Å²) in [5, 5.41) is 7.72. The second-order valence-electron chi connectivity index (χ2n) is 5.23. The molecular weight excluding hydrogens is 334 g/mol. The van der Waals surface area contributed by atoms with Crippen LogP contribution in [0.3, 0.4) is 0 Å². The Kier molecular flexibility index (Phi) is 5.69. The highest BCUT2D eigenvalue weighted by Gasteiger charge is 2.07. The van der Waals surface area contributed by atoms with Crippen LogP contribution in [0.5, 0.6) is 0 Å². The largest absolute Gasteiger partial charge is 0.312 e. The lowest BCUT2D eigenvalue weighted by Crippen LogP contribution is -2.19. The maximum atomic E-state index is 4.22. The number of aromatic nitrogens is 2. The highest BCUT2D eigenvalue weighted by molar-refractivity contribution is 9.10. The molecular formula is C15H20BrN3S. The smallest absolute Gasteiger partial charge is 0.0629 e. The van der Waals surface area contributed by atoms with Crippen molar-refractivity contribution in [3.05, 3.63) is 40.6 Å². The average Bonchev–Trinajstić information content (AvgIpc) is 2.78. The quantitative estimate of drug-likeness (QED) is 0.848. The number of nitrogens with one attached hydrogen (secondary N) is 1. The molecule has 0 bridgehead atoms. The van der Waals surface area contributed by atoms with Crippen molar-refractivity contribution in [2.75, 3.05) is 6.54 Å². The van der Waals surface area contributed by atoms with Crippen molar-refractivity contribution >= 4 is 27.7 Å². The van der Waals surface area contributed by atoms with Crippen LogP contribution in [0.2, 0.25) is 0 Å². The van der Waals surface area contributed by atoms with E-state index in [1.165, 1.54) is 15.4 Å². The van der Waals surface area contributed by atoms with Gasteiger partial charge in [-0.05, 0) is 36.2 Å². The van der Waals surface area contributed by atoms with Gasteiger partial charge in [0.1, 0.15) is 0 Å². The number of nitrogens with zero attached hydrogens (tertiary/aromatic N) is 2. The van der Waals surface area contributed by atoms with E-state index in [1.807, 2.05) is 24.1 Å². The van der Waals surface area contributed by atoms with Gasteiger partial charge >= 0.3 is 0 Å². The first-order chi connectivity index (χ1) is 9.54. The average molecular weight is 354 g/mol. The van der Waals surface area contributed by atoms with Crippen molar-refractivity contribution in [2.45, 2.75) is 30.2 Å². The van der Waals surface area contributed by atoms with Crippen LogP contribution in [0, 0.1) is 5.92 Å². The maximum absolute atomic E-state index is 4.22. The number of rotatable bonds is 6. The van der Waals surface area contributed by atoms with E-state index in [0.717, 1.165) is 17.6 Å². The van der Waals surface area contributed by atoms with Crippen molar-refractivity contribution in [3.8, 4) is 0 Å². The lowest BCUT2D eigenvalue weighted by atomic mass is 10.2. The zero-order chi connectivity index (χ0) is 14.5. The highest BCUT2D eigenvalue weighted by atomic mass is 79.9. The normalized spacial score (nSPS) is 11.2. The molecule has 1 N–H and O–H groups in total. The number of hydrogen-bond donors (Lipinski definition) is 1. The van der Waals surface area contributed by atoms with Crippen LogP contribution >= 0.6 is 27.7 Å². The second kappa shape index (κ2) is 7.29. The molecule has 0 saturated carbocycles. The summed E-state index contributed by atoms with van der Waals surface area (Å²) in [4.78, 5) is 2.44. The van der Waals surface area contributed by atoms with Gasteiger partial charge in [-0.3, -0.25) is 4.68 Å². The molecule has 2 rings (SSSR count). The van der Waals surface area contributed by atoms with Crippen LogP contribution < -0.4 is 5.32 Å². The summed E-state index contributed by atoms with van der Waals surface area (Å²) in [7, 11) is 1.94. The summed E-state index contributed by atoms with van der Waals surface area (Å²) in [6.45, 7) is 6.36. The second-order valence-corrected chi connectivity index (χ2v) is 7.26. The van der Waals surface area contributed by atoms with E-state index in [9.17, 15) is 0 Å². The Bertz CT molecular complexity index is 566. The number of aryl methyl sites for hydroxylation is 1. The SMILES string of the molecule is CC(C)CNCc1cc(Br)ccc1Sc1cnn(C)c1. The fourth-order valence-electron chi connectivity index (χ4n) is 1.86. The molecule has 5 heteroatoms. The molecule has 1 aromatic heterocycles. The molecule has 0 fully saturated rings. The van der Waals surface area contributed by atoms with E-state index in [4.69, 9.17) is 0 Å². The molecule has 108 valence electrons. The first kappa shape index (κ1) is 15.6. The van der Waals surface area contributed by atoms with E-state index in [-0.39, 0.29) is 0 Å². The summed E-state index contributed by atoms with van der Waals surface area (Å²) >= 11 is 5.31. The maximum Gasteiger partial charge on any atom is 0.0629 e. The molecule has 2 aromatic rings. The lowest BCUT2D eigenvalue weighted by Gasteiger charge is -2.11. The predicted octanol–water partition coefficient (Wildman–Crippen LogP) is 4.08. The van der Waals surface area contributed by atoms with E-state index in [1.54, 1.807) is 11.8 Å². The van der Waals surface area contributed by atoms with Gasteiger partial charge in [0.2, 0.25) is 0 Å². The standard InChI is InChI=1S/C15H20BrN3S/c1-11(2)7-17-8-12-6-13(16)4-5-15(12)20-14-9-18-19(3)10-14/h4-6,9-11,17H,7-8H2,1-3H3. The minimum Gasteiger partial charge on any atom is -0.312 e. The topological polar surface area (TPSA) is 29.9 Å². The van der Waals surface area contributed by atoms with Gasteiger partial charge in [0, 0.05) is 29.2 Å². The monoisotopic (exact) mass is 353 g/mol. The first-order valence-corrected chi connectivity index (χ1v) is 8.31. The summed E-state index contributed by atoms with van der Waals surface area (Å²) in [6.07, 6.45) is 3.94. The summed E-state index contributed by atoms with van der Waals surface area (Å²) < 4.78 is 2.95. The third-order valence-corrected chi connectivity index (χ3v) is 4.36. The van der Waals surface area contributed by atoms with Crippen molar-refractivity contribution in [1.82, 2.24) is 15.1 Å².